The summed E-state index contributed by atoms with van der Waals surface area (Å²) in [5.41, 5.74) is 4.86. The fourth-order valence-electron chi connectivity index (χ4n) is 2.24. The van der Waals surface area contributed by atoms with Crippen molar-refractivity contribution < 1.29 is 0 Å². The Kier molecular flexibility index (Phi) is 3.54. The van der Waals surface area contributed by atoms with Gasteiger partial charge in [-0.05, 0) is 54.7 Å². The average Bonchev–Trinajstić information content (AvgIpc) is 3.22. The Morgan fingerprint density at radius 1 is 1.26 bits per heavy atom. The molecular weight excluding hydrogens is 256 g/mol. The predicted octanol–water partition coefficient (Wildman–Crippen LogP) is 3.96. The second-order valence-corrected chi connectivity index (χ2v) is 5.58. The predicted molar refractivity (Wildman–Crippen MR) is 79.3 cm³/mol. The van der Waals surface area contributed by atoms with Crippen LogP contribution in [0.15, 0.2) is 36.7 Å². The van der Waals surface area contributed by atoms with Gasteiger partial charge in [0.15, 0.2) is 0 Å². The minimum Gasteiger partial charge on any atom is -0.310 e. The van der Waals surface area contributed by atoms with Crippen LogP contribution >= 0.6 is 11.6 Å². The SMILES string of the molecule is Cc1ccncc1-c1cc(Cl)ccc1CNC1CC1. The van der Waals surface area contributed by atoms with Crippen LogP contribution in [0.5, 0.6) is 0 Å². The van der Waals surface area contributed by atoms with E-state index in [4.69, 9.17) is 11.6 Å². The zero-order chi connectivity index (χ0) is 13.2. The molecule has 1 heterocycles. The van der Waals surface area contributed by atoms with Crippen LogP contribution in [-0.2, 0) is 6.54 Å². The van der Waals surface area contributed by atoms with E-state index < -0.39 is 0 Å². The lowest BCUT2D eigenvalue weighted by molar-refractivity contribution is 0.689. The number of nitrogens with one attached hydrogen (secondary N) is 1. The summed E-state index contributed by atoms with van der Waals surface area (Å²) in [5.74, 6) is 0. The third-order valence-electron chi connectivity index (χ3n) is 3.56. The fraction of sp³-hybridized carbons (Fsp3) is 0.312. The van der Waals surface area contributed by atoms with Gasteiger partial charge in [0.25, 0.3) is 0 Å². The summed E-state index contributed by atoms with van der Waals surface area (Å²) < 4.78 is 0. The first-order valence-electron chi connectivity index (χ1n) is 6.67. The van der Waals surface area contributed by atoms with Crippen molar-refractivity contribution in [2.45, 2.75) is 32.4 Å². The van der Waals surface area contributed by atoms with Gasteiger partial charge in [0, 0.05) is 35.6 Å². The lowest BCUT2D eigenvalue weighted by Gasteiger charge is -2.13. The number of aromatic nitrogens is 1. The van der Waals surface area contributed by atoms with Gasteiger partial charge >= 0.3 is 0 Å². The Hall–Kier alpha value is -1.38. The van der Waals surface area contributed by atoms with Gasteiger partial charge in [0.1, 0.15) is 0 Å². The lowest BCUT2D eigenvalue weighted by atomic mass is 9.97. The average molecular weight is 273 g/mol. The normalized spacial score (nSPS) is 14.6. The second-order valence-electron chi connectivity index (χ2n) is 5.15. The van der Waals surface area contributed by atoms with Crippen LogP contribution in [0.3, 0.4) is 0 Å². The number of rotatable bonds is 4. The molecule has 0 saturated heterocycles. The van der Waals surface area contributed by atoms with E-state index in [-0.39, 0.29) is 0 Å². The van der Waals surface area contributed by atoms with Crippen LogP contribution in [0.25, 0.3) is 11.1 Å². The quantitative estimate of drug-likeness (QED) is 0.911. The van der Waals surface area contributed by atoms with Gasteiger partial charge in [-0.2, -0.15) is 0 Å². The molecule has 1 aromatic carbocycles. The molecule has 0 radical (unpaired) electrons. The number of aryl methyl sites for hydroxylation is 1. The number of pyridine rings is 1. The molecule has 19 heavy (non-hydrogen) atoms. The van der Waals surface area contributed by atoms with Crippen molar-refractivity contribution in [2.75, 3.05) is 0 Å². The molecule has 1 saturated carbocycles. The molecule has 0 atom stereocenters. The largest absolute Gasteiger partial charge is 0.310 e. The molecule has 3 rings (SSSR count). The van der Waals surface area contributed by atoms with Crippen molar-refractivity contribution in [3.63, 3.8) is 0 Å². The van der Waals surface area contributed by atoms with E-state index in [9.17, 15) is 0 Å². The maximum absolute atomic E-state index is 6.15. The number of hydrogen-bond donors (Lipinski definition) is 1. The summed E-state index contributed by atoms with van der Waals surface area (Å²) in [4.78, 5) is 4.24. The topological polar surface area (TPSA) is 24.9 Å². The van der Waals surface area contributed by atoms with E-state index in [1.54, 1.807) is 0 Å². The molecule has 1 fully saturated rings. The van der Waals surface area contributed by atoms with E-state index in [1.807, 2.05) is 30.6 Å². The first-order chi connectivity index (χ1) is 9.24. The van der Waals surface area contributed by atoms with Gasteiger partial charge in [-0.1, -0.05) is 17.7 Å². The maximum Gasteiger partial charge on any atom is 0.0412 e. The first-order valence-corrected chi connectivity index (χ1v) is 7.04. The van der Waals surface area contributed by atoms with Gasteiger partial charge in [0.05, 0.1) is 0 Å². The molecular formula is C16H17ClN2. The molecule has 2 aromatic rings. The molecule has 0 unspecified atom stereocenters. The minimum absolute atomic E-state index is 0.707. The Labute approximate surface area is 118 Å². The van der Waals surface area contributed by atoms with Crippen molar-refractivity contribution in [3.05, 3.63) is 52.8 Å². The zero-order valence-electron chi connectivity index (χ0n) is 11.0. The van der Waals surface area contributed by atoms with Crippen LogP contribution < -0.4 is 5.32 Å². The van der Waals surface area contributed by atoms with Crippen LogP contribution in [0.1, 0.15) is 24.0 Å². The van der Waals surface area contributed by atoms with E-state index in [0.29, 0.717) is 6.04 Å². The maximum atomic E-state index is 6.15. The molecule has 1 aliphatic rings. The molecule has 1 aliphatic carbocycles. The number of halogens is 1. The van der Waals surface area contributed by atoms with E-state index >= 15 is 0 Å². The summed E-state index contributed by atoms with van der Waals surface area (Å²) in [7, 11) is 0. The monoisotopic (exact) mass is 272 g/mol. The zero-order valence-corrected chi connectivity index (χ0v) is 11.7. The van der Waals surface area contributed by atoms with Crippen LogP contribution in [-0.4, -0.2) is 11.0 Å². The van der Waals surface area contributed by atoms with Crippen molar-refractivity contribution in [1.82, 2.24) is 10.3 Å². The molecule has 98 valence electrons. The highest BCUT2D eigenvalue weighted by Crippen LogP contribution is 2.29. The third kappa shape index (κ3) is 2.96. The summed E-state index contributed by atoms with van der Waals surface area (Å²) in [5, 5.41) is 4.33. The highest BCUT2D eigenvalue weighted by Gasteiger charge is 2.20. The summed E-state index contributed by atoms with van der Waals surface area (Å²) in [6, 6.07) is 8.85. The standard InChI is InChI=1S/C16H17ClN2/c1-11-6-7-18-10-16(11)15-8-13(17)3-2-12(15)9-19-14-4-5-14/h2-3,6-8,10,14,19H,4-5,9H2,1H3. The summed E-state index contributed by atoms with van der Waals surface area (Å²) in [6.07, 6.45) is 6.34. The first kappa shape index (κ1) is 12.6. The van der Waals surface area contributed by atoms with E-state index in [2.05, 4.69) is 23.3 Å². The third-order valence-corrected chi connectivity index (χ3v) is 3.79. The van der Waals surface area contributed by atoms with Crippen LogP contribution in [0.2, 0.25) is 5.02 Å². The van der Waals surface area contributed by atoms with Crippen molar-refractivity contribution in [2.24, 2.45) is 0 Å². The molecule has 1 aromatic heterocycles. The van der Waals surface area contributed by atoms with Crippen LogP contribution in [0, 0.1) is 6.92 Å². The Morgan fingerprint density at radius 3 is 2.84 bits per heavy atom. The summed E-state index contributed by atoms with van der Waals surface area (Å²) in [6.45, 7) is 3.00. The molecule has 0 bridgehead atoms. The second kappa shape index (κ2) is 5.32. The number of benzene rings is 1. The van der Waals surface area contributed by atoms with Crippen molar-refractivity contribution >= 4 is 11.6 Å². The van der Waals surface area contributed by atoms with Crippen LogP contribution in [0.4, 0.5) is 0 Å². The molecule has 1 N–H and O–H groups in total. The molecule has 2 nitrogen and oxygen atoms in total. The van der Waals surface area contributed by atoms with E-state index in [1.165, 1.54) is 29.5 Å². The van der Waals surface area contributed by atoms with E-state index in [0.717, 1.165) is 17.1 Å². The smallest absolute Gasteiger partial charge is 0.0412 e. The van der Waals surface area contributed by atoms with Gasteiger partial charge in [0.2, 0.25) is 0 Å². The molecule has 0 aliphatic heterocycles. The Balaban J connectivity index is 1.97. The van der Waals surface area contributed by atoms with Crippen molar-refractivity contribution in [1.29, 1.82) is 0 Å². The van der Waals surface area contributed by atoms with Gasteiger partial charge in [-0.3, -0.25) is 4.98 Å². The Morgan fingerprint density at radius 2 is 2.11 bits per heavy atom. The fourth-order valence-corrected chi connectivity index (χ4v) is 2.41. The lowest BCUT2D eigenvalue weighted by Crippen LogP contribution is -2.15. The number of nitrogens with zero attached hydrogens (tertiary/aromatic N) is 1. The molecule has 0 spiro atoms. The highest BCUT2D eigenvalue weighted by molar-refractivity contribution is 6.30. The summed E-state index contributed by atoms with van der Waals surface area (Å²) >= 11 is 6.15. The molecule has 3 heteroatoms. The molecule has 0 amide bonds. The number of hydrogen-bond acceptors (Lipinski definition) is 2. The van der Waals surface area contributed by atoms with Gasteiger partial charge in [-0.25, -0.2) is 0 Å². The Bertz CT molecular complexity index is 591. The highest BCUT2D eigenvalue weighted by atomic mass is 35.5. The van der Waals surface area contributed by atoms with Gasteiger partial charge < -0.3 is 5.32 Å². The van der Waals surface area contributed by atoms with Gasteiger partial charge in [-0.15, -0.1) is 0 Å². The van der Waals surface area contributed by atoms with Crippen molar-refractivity contribution in [3.8, 4) is 11.1 Å². The minimum atomic E-state index is 0.707.